The molecule has 73 heavy (non-hydrogen) atoms. The van der Waals surface area contributed by atoms with Crippen LogP contribution in [0.5, 0.6) is 5.75 Å². The van der Waals surface area contributed by atoms with E-state index < -0.39 is 171 Å². The third-order valence-electron chi connectivity index (χ3n) is 11.9. The number of nitrogens with two attached hydrogens (primary N) is 2. The van der Waals surface area contributed by atoms with Gasteiger partial charge in [0, 0.05) is 50.8 Å². The summed E-state index contributed by atoms with van der Waals surface area (Å²) in [6.45, 7) is 5.57. The standard InChI is InChI=1S/C45H62N10O17S/c1-7-19(2)36-42(66)49-14-34(61)50-29(18-73-43-26(12-27(46)39(63)48-15-35(62)52-36)25-9-8-10-31(38(25)54-43)71-22(5)57)40(64)51-28(13-33(47)60)44(67)55-16-24(59)11-30(55)41(65)53-37(45(68)69)20(3)32(72-23(6)58)17-70-21(4)56/h8-10,19-20,24,27-30,32,36-37,54,59H,7,11-18,46H2,1-6H3,(H2,47,60)(H,48,63)(H,49,66)(H,50,61)(H,51,64)(H,52,62)(H,53,65)(H,68,69)/t19-,20?,24?,27?,28?,29?,30-,32-,36-,37-/m0/s1. The van der Waals surface area contributed by atoms with Crippen LogP contribution in [0, 0.1) is 11.8 Å². The summed E-state index contributed by atoms with van der Waals surface area (Å²) in [5.74, 6) is -13.6. The zero-order chi connectivity index (χ0) is 54.4. The van der Waals surface area contributed by atoms with Crippen LogP contribution in [0.4, 0.5) is 0 Å². The molecule has 27 nitrogen and oxygen atoms in total. The predicted octanol–water partition coefficient (Wildman–Crippen LogP) is -3.66. The molecule has 2 aliphatic rings. The van der Waals surface area contributed by atoms with Gasteiger partial charge in [0.1, 0.15) is 42.9 Å². The molecule has 0 bridgehead atoms. The topological polar surface area (TPSA) is 416 Å². The van der Waals surface area contributed by atoms with E-state index in [2.05, 4.69) is 36.9 Å². The number of para-hydroxylation sites is 1. The summed E-state index contributed by atoms with van der Waals surface area (Å²) in [6.07, 6.45) is -3.88. The van der Waals surface area contributed by atoms with Crippen LogP contribution in [0.25, 0.3) is 10.9 Å². The van der Waals surface area contributed by atoms with Crippen molar-refractivity contribution in [2.45, 2.75) is 121 Å². The molecule has 2 aliphatic heterocycles. The number of aliphatic carboxylic acids is 1. The maximum atomic E-state index is 14.4. The van der Waals surface area contributed by atoms with Gasteiger partial charge in [-0.2, -0.15) is 0 Å². The van der Waals surface area contributed by atoms with Crippen molar-refractivity contribution in [1.29, 1.82) is 0 Å². The number of esters is 3. The summed E-state index contributed by atoms with van der Waals surface area (Å²) >= 11 is 0.909. The molecule has 2 aromatic rings. The van der Waals surface area contributed by atoms with Gasteiger partial charge < -0.3 is 77.7 Å². The molecule has 5 unspecified atom stereocenters. The average Bonchev–Trinajstić information content (AvgIpc) is 3.89. The van der Waals surface area contributed by atoms with Crippen molar-refractivity contribution in [2.75, 3.05) is 32.0 Å². The van der Waals surface area contributed by atoms with Gasteiger partial charge in [0.15, 0.2) is 5.75 Å². The quantitative estimate of drug-likeness (QED) is 0.0570. The van der Waals surface area contributed by atoms with Crippen molar-refractivity contribution < 1.29 is 82.0 Å². The number of aromatic amines is 1. The van der Waals surface area contributed by atoms with Gasteiger partial charge in [-0.1, -0.05) is 39.3 Å². The number of hydrogen-bond acceptors (Lipinski definition) is 18. The Morgan fingerprint density at radius 2 is 1.56 bits per heavy atom. The summed E-state index contributed by atoms with van der Waals surface area (Å²) in [6, 6.07) is -4.73. The Morgan fingerprint density at radius 1 is 0.904 bits per heavy atom. The lowest BCUT2D eigenvalue weighted by Gasteiger charge is -2.32. The molecule has 1 fully saturated rings. The number of primary amides is 1. The van der Waals surface area contributed by atoms with Crippen LogP contribution in [0.2, 0.25) is 0 Å². The summed E-state index contributed by atoms with van der Waals surface area (Å²) < 4.78 is 15.5. The predicted molar refractivity (Wildman–Crippen MR) is 254 cm³/mol. The second kappa shape index (κ2) is 26.4. The molecule has 4 rings (SSSR count). The number of likely N-dealkylation sites (tertiary alicyclic amines) is 1. The summed E-state index contributed by atoms with van der Waals surface area (Å²) in [5, 5.41) is 36.2. The minimum Gasteiger partial charge on any atom is -0.480 e. The Balaban J connectivity index is 1.71. The van der Waals surface area contributed by atoms with Crippen LogP contribution < -0.4 is 48.1 Å². The number of thioether (sulfide) groups is 1. The number of carbonyl (C=O) groups is 12. The van der Waals surface area contributed by atoms with Crippen molar-refractivity contribution in [3.63, 3.8) is 0 Å². The minimum atomic E-state index is -1.88. The molecule has 0 radical (unpaired) electrons. The van der Waals surface area contributed by atoms with Crippen LogP contribution in [0.3, 0.4) is 0 Å². The Kier molecular flexibility index (Phi) is 21.1. The van der Waals surface area contributed by atoms with E-state index in [0.717, 1.165) is 30.5 Å². The first-order chi connectivity index (χ1) is 34.3. The fraction of sp³-hybridized carbons (Fsp3) is 0.556. The van der Waals surface area contributed by atoms with Crippen molar-refractivity contribution in [2.24, 2.45) is 23.3 Å². The number of nitrogens with one attached hydrogen (secondary N) is 7. The van der Waals surface area contributed by atoms with Gasteiger partial charge in [-0.3, -0.25) is 52.7 Å². The molecule has 28 heteroatoms. The van der Waals surface area contributed by atoms with Crippen molar-refractivity contribution >= 4 is 93.8 Å². The third kappa shape index (κ3) is 16.3. The number of nitrogens with zero attached hydrogens (tertiary/aromatic N) is 1. The highest BCUT2D eigenvalue weighted by atomic mass is 32.2. The van der Waals surface area contributed by atoms with E-state index in [-0.39, 0.29) is 28.5 Å². The van der Waals surface area contributed by atoms with Gasteiger partial charge in [0.25, 0.3) is 0 Å². The molecule has 400 valence electrons. The number of benzene rings is 1. The smallest absolute Gasteiger partial charge is 0.326 e. The second-order valence-corrected chi connectivity index (χ2v) is 18.6. The molecule has 0 spiro atoms. The number of H-pyrrole nitrogens is 1. The molecule has 1 aromatic heterocycles. The van der Waals surface area contributed by atoms with Crippen LogP contribution in [0.1, 0.15) is 66.4 Å². The number of fused-ring (bicyclic) bond motifs is 3. The van der Waals surface area contributed by atoms with Crippen LogP contribution in [-0.4, -0.2) is 172 Å². The first kappa shape index (κ1) is 58.2. The molecular formula is C45H62N10O17S. The first-order valence-corrected chi connectivity index (χ1v) is 24.1. The van der Waals surface area contributed by atoms with Gasteiger partial charge in [0.2, 0.25) is 47.3 Å². The molecule has 8 amide bonds. The molecule has 10 atom stereocenters. The number of carboxylic acid groups (broad SMARTS) is 1. The Hall–Kier alpha value is -7.33. The fourth-order valence-electron chi connectivity index (χ4n) is 7.97. The fourth-order valence-corrected chi connectivity index (χ4v) is 9.08. The SMILES string of the molecule is CC[C@H](C)[C@@H]1NC(=O)CNC(=O)C(N)Cc2c([nH]c3c(OC(C)=O)cccc23)SCC(C(=O)NC(CC(N)=O)C(=O)N2CC(O)C[C@H]2C(=O)N[C@H](C(=O)O)C(C)[C@H](COC(C)=O)OC(C)=O)NC(=O)CNC1=O. The van der Waals surface area contributed by atoms with Crippen LogP contribution in [-0.2, 0) is 73.4 Å². The van der Waals surface area contributed by atoms with E-state index in [1.165, 1.54) is 19.9 Å². The number of hydrogen-bond donors (Lipinski definition) is 11. The van der Waals surface area contributed by atoms with Crippen LogP contribution in [0.15, 0.2) is 23.2 Å². The minimum absolute atomic E-state index is 0.0886. The number of carbonyl (C=O) groups excluding carboxylic acids is 11. The normalized spacial score (nSPS) is 22.1. The number of aliphatic hydroxyl groups is 1. The number of aliphatic hydroxyl groups excluding tert-OH is 1. The number of amides is 8. The van der Waals surface area contributed by atoms with Crippen molar-refractivity contribution in [3.8, 4) is 5.75 Å². The zero-order valence-corrected chi connectivity index (χ0v) is 41.7. The van der Waals surface area contributed by atoms with Crippen LogP contribution >= 0.6 is 11.8 Å². The highest BCUT2D eigenvalue weighted by molar-refractivity contribution is 7.99. The largest absolute Gasteiger partial charge is 0.480 e. The lowest BCUT2D eigenvalue weighted by molar-refractivity contribution is -0.162. The van der Waals surface area contributed by atoms with E-state index >= 15 is 0 Å². The molecule has 0 saturated carbocycles. The lowest BCUT2D eigenvalue weighted by atomic mass is 9.95. The molecule has 13 N–H and O–H groups in total. The lowest BCUT2D eigenvalue weighted by Crippen LogP contribution is -2.60. The molecular weight excluding hydrogens is 985 g/mol. The summed E-state index contributed by atoms with van der Waals surface area (Å²) in [5.41, 5.74) is 12.6. The van der Waals surface area contributed by atoms with Gasteiger partial charge >= 0.3 is 23.9 Å². The zero-order valence-electron chi connectivity index (χ0n) is 40.9. The summed E-state index contributed by atoms with van der Waals surface area (Å²) in [4.78, 5) is 160. The van der Waals surface area contributed by atoms with E-state index in [1.807, 2.05) is 0 Å². The molecule has 1 saturated heterocycles. The number of ether oxygens (including phenoxy) is 3. The molecule has 1 aromatic carbocycles. The number of β-amino-alcohol motifs (C(OH)–C–C–N with tert-alkyl or cyclic N) is 1. The van der Waals surface area contributed by atoms with Crippen molar-refractivity contribution in [1.82, 2.24) is 41.8 Å². The Labute approximate surface area is 422 Å². The Bertz CT molecular complexity index is 2470. The van der Waals surface area contributed by atoms with E-state index in [9.17, 15) is 67.7 Å². The third-order valence-corrected chi connectivity index (χ3v) is 13.0. The first-order valence-electron chi connectivity index (χ1n) is 23.1. The molecule has 0 aliphatic carbocycles. The number of carboxylic acids is 1. The maximum Gasteiger partial charge on any atom is 0.326 e. The highest BCUT2D eigenvalue weighted by Gasteiger charge is 2.45. The second-order valence-electron chi connectivity index (χ2n) is 17.6. The van der Waals surface area contributed by atoms with E-state index in [4.69, 9.17) is 25.7 Å². The summed E-state index contributed by atoms with van der Waals surface area (Å²) in [7, 11) is 0. The highest BCUT2D eigenvalue weighted by Crippen LogP contribution is 2.36. The van der Waals surface area contributed by atoms with E-state index in [1.54, 1.807) is 26.0 Å². The van der Waals surface area contributed by atoms with E-state index in [0.29, 0.717) is 17.4 Å². The van der Waals surface area contributed by atoms with Gasteiger partial charge in [-0.05, 0) is 24.0 Å². The van der Waals surface area contributed by atoms with Gasteiger partial charge in [0.05, 0.1) is 42.2 Å². The van der Waals surface area contributed by atoms with Gasteiger partial charge in [-0.25, -0.2) is 4.79 Å². The van der Waals surface area contributed by atoms with Gasteiger partial charge in [-0.15, -0.1) is 11.8 Å². The maximum absolute atomic E-state index is 14.4. The number of rotatable bonds is 16. The number of aromatic nitrogens is 1. The average molecular weight is 1050 g/mol. The monoisotopic (exact) mass is 1050 g/mol. The molecule has 3 heterocycles. The Morgan fingerprint density at radius 3 is 2.16 bits per heavy atom. The van der Waals surface area contributed by atoms with Crippen molar-refractivity contribution in [3.05, 3.63) is 23.8 Å².